The maximum absolute atomic E-state index is 12.5. The zero-order valence-corrected chi connectivity index (χ0v) is 16.0. The van der Waals surface area contributed by atoms with Crippen LogP contribution >= 0.6 is 23.4 Å². The second-order valence-electron chi connectivity index (χ2n) is 5.85. The molecule has 25 heavy (non-hydrogen) atoms. The number of benzene rings is 2. The van der Waals surface area contributed by atoms with Gasteiger partial charge in [0.25, 0.3) is 0 Å². The molecule has 5 heteroatoms. The van der Waals surface area contributed by atoms with Crippen LogP contribution in [-0.2, 0) is 4.74 Å². The Morgan fingerprint density at radius 1 is 1.28 bits per heavy atom. The minimum Gasteiger partial charge on any atom is -0.461 e. The zero-order valence-electron chi connectivity index (χ0n) is 14.4. The number of ether oxygens (including phenoxy) is 1. The fourth-order valence-electron chi connectivity index (χ4n) is 3.08. The van der Waals surface area contributed by atoms with Crippen molar-refractivity contribution < 1.29 is 9.53 Å². The van der Waals surface area contributed by atoms with E-state index in [0.29, 0.717) is 17.3 Å². The van der Waals surface area contributed by atoms with Crippen molar-refractivity contribution in [2.75, 3.05) is 12.9 Å². The fraction of sp³-hybridized carbons (Fsp3) is 0.250. The van der Waals surface area contributed by atoms with Crippen LogP contribution in [0.25, 0.3) is 10.9 Å². The Morgan fingerprint density at radius 3 is 2.76 bits per heavy atom. The van der Waals surface area contributed by atoms with Crippen molar-refractivity contribution >= 4 is 40.2 Å². The SMILES string of the molecule is CCOC(=O)c1[nH]c2ccc(Cl)cc2c1C(SC)c1cccc(C)c1. The predicted molar refractivity (Wildman–Crippen MR) is 106 cm³/mol. The fourth-order valence-corrected chi connectivity index (χ4v) is 4.15. The summed E-state index contributed by atoms with van der Waals surface area (Å²) in [6, 6.07) is 14.0. The van der Waals surface area contributed by atoms with Crippen molar-refractivity contribution in [2.45, 2.75) is 19.1 Å². The lowest BCUT2D eigenvalue weighted by Gasteiger charge is -2.17. The van der Waals surface area contributed by atoms with E-state index in [4.69, 9.17) is 16.3 Å². The van der Waals surface area contributed by atoms with Gasteiger partial charge in [-0.1, -0.05) is 41.4 Å². The van der Waals surface area contributed by atoms with Gasteiger partial charge in [-0.05, 0) is 43.9 Å². The van der Waals surface area contributed by atoms with Gasteiger partial charge >= 0.3 is 5.97 Å². The minimum absolute atomic E-state index is 0.00604. The highest BCUT2D eigenvalue weighted by molar-refractivity contribution is 7.99. The number of aryl methyl sites for hydroxylation is 1. The van der Waals surface area contributed by atoms with E-state index < -0.39 is 0 Å². The maximum atomic E-state index is 12.5. The summed E-state index contributed by atoms with van der Waals surface area (Å²) in [7, 11) is 0. The standard InChI is InChI=1S/C20H20ClNO2S/c1-4-24-20(23)18-17(15-11-14(21)8-9-16(15)22-18)19(25-3)13-7-5-6-12(2)10-13/h5-11,19,22H,4H2,1-3H3. The molecule has 1 heterocycles. The topological polar surface area (TPSA) is 42.1 Å². The highest BCUT2D eigenvalue weighted by Gasteiger charge is 2.26. The summed E-state index contributed by atoms with van der Waals surface area (Å²) in [5.41, 5.74) is 4.65. The van der Waals surface area contributed by atoms with Gasteiger partial charge in [0.05, 0.1) is 11.9 Å². The summed E-state index contributed by atoms with van der Waals surface area (Å²) in [6.07, 6.45) is 2.05. The van der Waals surface area contributed by atoms with E-state index in [1.807, 2.05) is 37.4 Å². The van der Waals surface area contributed by atoms with Gasteiger partial charge in [0.2, 0.25) is 0 Å². The number of halogens is 1. The Labute approximate surface area is 156 Å². The molecular weight excluding hydrogens is 354 g/mol. The number of esters is 1. The van der Waals surface area contributed by atoms with Crippen LogP contribution in [0.1, 0.15) is 39.4 Å². The third kappa shape index (κ3) is 3.55. The molecule has 0 saturated carbocycles. The number of thioether (sulfide) groups is 1. The van der Waals surface area contributed by atoms with Gasteiger partial charge in [-0.3, -0.25) is 0 Å². The Morgan fingerprint density at radius 2 is 2.08 bits per heavy atom. The van der Waals surface area contributed by atoms with Crippen LogP contribution in [0.5, 0.6) is 0 Å². The molecule has 0 saturated heterocycles. The van der Waals surface area contributed by atoms with Crippen LogP contribution in [0.3, 0.4) is 0 Å². The molecule has 3 nitrogen and oxygen atoms in total. The lowest BCUT2D eigenvalue weighted by atomic mass is 9.99. The van der Waals surface area contributed by atoms with Crippen LogP contribution < -0.4 is 0 Å². The van der Waals surface area contributed by atoms with E-state index in [1.54, 1.807) is 11.8 Å². The third-order valence-electron chi connectivity index (χ3n) is 4.12. The lowest BCUT2D eigenvalue weighted by Crippen LogP contribution is -2.10. The van der Waals surface area contributed by atoms with Crippen LogP contribution in [-0.4, -0.2) is 23.8 Å². The van der Waals surface area contributed by atoms with Gasteiger partial charge in [0.1, 0.15) is 5.69 Å². The first kappa shape index (κ1) is 17.9. The number of aromatic nitrogens is 1. The molecule has 130 valence electrons. The molecule has 0 spiro atoms. The number of aromatic amines is 1. The van der Waals surface area contributed by atoms with Crippen molar-refractivity contribution in [3.05, 3.63) is 69.9 Å². The number of rotatable bonds is 5. The van der Waals surface area contributed by atoms with E-state index in [9.17, 15) is 4.79 Å². The highest BCUT2D eigenvalue weighted by atomic mass is 35.5. The molecule has 3 rings (SSSR count). The first-order chi connectivity index (χ1) is 12.0. The molecule has 0 fully saturated rings. The average molecular weight is 374 g/mol. The number of hydrogen-bond acceptors (Lipinski definition) is 3. The van der Waals surface area contributed by atoms with Gasteiger partial charge in [0.15, 0.2) is 0 Å². The summed E-state index contributed by atoms with van der Waals surface area (Å²) in [5, 5.41) is 1.61. The number of H-pyrrole nitrogens is 1. The Bertz CT molecular complexity index is 919. The van der Waals surface area contributed by atoms with Crippen molar-refractivity contribution in [3.63, 3.8) is 0 Å². The maximum Gasteiger partial charge on any atom is 0.355 e. The molecule has 0 aliphatic carbocycles. The summed E-state index contributed by atoms with van der Waals surface area (Å²) >= 11 is 7.91. The summed E-state index contributed by atoms with van der Waals surface area (Å²) in [5.74, 6) is -0.337. The van der Waals surface area contributed by atoms with E-state index in [2.05, 4.69) is 30.1 Å². The average Bonchev–Trinajstić information content (AvgIpc) is 2.95. The van der Waals surface area contributed by atoms with Gasteiger partial charge in [-0.2, -0.15) is 11.8 Å². The molecule has 3 aromatic rings. The lowest BCUT2D eigenvalue weighted by molar-refractivity contribution is 0.0519. The number of nitrogens with one attached hydrogen (secondary N) is 1. The van der Waals surface area contributed by atoms with Crippen molar-refractivity contribution in [3.8, 4) is 0 Å². The van der Waals surface area contributed by atoms with E-state index in [-0.39, 0.29) is 11.2 Å². The van der Waals surface area contributed by atoms with Crippen LogP contribution in [0.4, 0.5) is 0 Å². The van der Waals surface area contributed by atoms with Gasteiger partial charge in [-0.25, -0.2) is 4.79 Å². The van der Waals surface area contributed by atoms with Crippen molar-refractivity contribution in [2.24, 2.45) is 0 Å². The van der Waals surface area contributed by atoms with Gasteiger partial charge in [-0.15, -0.1) is 0 Å². The second kappa shape index (κ2) is 7.54. The molecule has 0 aliphatic rings. The first-order valence-corrected chi connectivity index (χ1v) is 9.79. The van der Waals surface area contributed by atoms with E-state index >= 15 is 0 Å². The molecule has 1 unspecified atom stereocenters. The molecule has 0 amide bonds. The number of carbonyl (C=O) groups excluding carboxylic acids is 1. The molecule has 1 N–H and O–H groups in total. The molecule has 0 radical (unpaired) electrons. The molecule has 0 aliphatic heterocycles. The molecule has 2 aromatic carbocycles. The Balaban J connectivity index is 2.25. The largest absolute Gasteiger partial charge is 0.461 e. The summed E-state index contributed by atoms with van der Waals surface area (Å²) in [6.45, 7) is 4.21. The molecular formula is C20H20ClNO2S. The monoisotopic (exact) mass is 373 g/mol. The van der Waals surface area contributed by atoms with Crippen LogP contribution in [0.15, 0.2) is 42.5 Å². The Kier molecular flexibility index (Phi) is 5.40. The molecule has 1 atom stereocenters. The number of hydrogen-bond donors (Lipinski definition) is 1. The molecule has 0 bridgehead atoms. The van der Waals surface area contributed by atoms with Crippen LogP contribution in [0, 0.1) is 6.92 Å². The van der Waals surface area contributed by atoms with Crippen molar-refractivity contribution in [1.29, 1.82) is 0 Å². The van der Waals surface area contributed by atoms with Gasteiger partial charge in [0, 0.05) is 21.5 Å². The highest BCUT2D eigenvalue weighted by Crippen LogP contribution is 2.41. The number of fused-ring (bicyclic) bond motifs is 1. The first-order valence-electron chi connectivity index (χ1n) is 8.12. The minimum atomic E-state index is -0.337. The normalized spacial score (nSPS) is 12.3. The van der Waals surface area contributed by atoms with E-state index in [1.165, 1.54) is 5.56 Å². The zero-order chi connectivity index (χ0) is 18.0. The summed E-state index contributed by atoms with van der Waals surface area (Å²) < 4.78 is 5.27. The molecule has 1 aromatic heterocycles. The summed E-state index contributed by atoms with van der Waals surface area (Å²) in [4.78, 5) is 15.8. The number of carbonyl (C=O) groups is 1. The van der Waals surface area contributed by atoms with Crippen molar-refractivity contribution in [1.82, 2.24) is 4.98 Å². The third-order valence-corrected chi connectivity index (χ3v) is 5.34. The van der Waals surface area contributed by atoms with Gasteiger partial charge < -0.3 is 9.72 Å². The predicted octanol–water partition coefficient (Wildman–Crippen LogP) is 5.76. The second-order valence-corrected chi connectivity index (χ2v) is 7.23. The smallest absolute Gasteiger partial charge is 0.355 e. The quantitative estimate of drug-likeness (QED) is 0.578. The van der Waals surface area contributed by atoms with Crippen LogP contribution in [0.2, 0.25) is 5.02 Å². The Hall–Kier alpha value is -1.91. The van der Waals surface area contributed by atoms with E-state index in [0.717, 1.165) is 22.0 Å².